The van der Waals surface area contributed by atoms with Gasteiger partial charge >= 0.3 is 5.97 Å². The van der Waals surface area contributed by atoms with E-state index in [2.05, 4.69) is 32.9 Å². The molecule has 0 aliphatic carbocycles. The Labute approximate surface area is 369 Å². The van der Waals surface area contributed by atoms with Crippen molar-refractivity contribution in [2.75, 3.05) is 13.2 Å². The van der Waals surface area contributed by atoms with E-state index in [1.165, 1.54) is 186 Å². The van der Waals surface area contributed by atoms with Crippen molar-refractivity contribution in [3.8, 4) is 22.6 Å². The lowest BCUT2D eigenvalue weighted by Crippen LogP contribution is -2.09. The van der Waals surface area contributed by atoms with Gasteiger partial charge in [-0.2, -0.15) is 0 Å². The summed E-state index contributed by atoms with van der Waals surface area (Å²) < 4.78 is 17.9. The Bertz CT molecular complexity index is 1410. The number of unbranched alkanes of at least 4 members (excludes halogenated alkanes) is 29. The number of rotatable bonds is 39. The quantitative estimate of drug-likeness (QED) is 0.0327. The molecule has 3 rings (SSSR count). The SMILES string of the molecule is CCCCCCCCCCCCCCCCCCCCOC(C)c1ccc(C(=O)Oc2ccc(-c3ccc(OCCCCCCCCCCCCCCC)cc3)cc2)cc1. The third-order valence-corrected chi connectivity index (χ3v) is 12.3. The molecular formula is C56H88O4. The maximum atomic E-state index is 12.9. The smallest absolute Gasteiger partial charge is 0.343 e. The van der Waals surface area contributed by atoms with Gasteiger partial charge in [-0.15, -0.1) is 0 Å². The zero-order chi connectivity index (χ0) is 42.6. The molecule has 3 aromatic rings. The number of hydrogen-bond donors (Lipinski definition) is 0. The van der Waals surface area contributed by atoms with Crippen LogP contribution in [0.2, 0.25) is 0 Å². The minimum absolute atomic E-state index is 0.00176. The lowest BCUT2D eigenvalue weighted by molar-refractivity contribution is 0.0626. The standard InChI is InChI=1S/C56H88O4/c1-4-6-8-10-12-14-16-18-19-20-21-22-24-25-27-29-31-33-47-58-49(3)50-35-37-53(38-36-50)56(57)60-55-45-41-52(42-46-55)51-39-43-54(44-40-51)59-48-34-32-30-28-26-23-17-15-13-11-9-7-5-2/h35-46,49H,4-34,47-48H2,1-3H3. The van der Waals surface area contributed by atoms with E-state index in [1.54, 1.807) is 0 Å². The molecule has 0 aromatic heterocycles. The van der Waals surface area contributed by atoms with Crippen molar-refractivity contribution in [3.05, 3.63) is 83.9 Å². The van der Waals surface area contributed by atoms with Crippen LogP contribution in [0.4, 0.5) is 0 Å². The lowest BCUT2D eigenvalue weighted by atomic mass is 10.0. The van der Waals surface area contributed by atoms with Crippen molar-refractivity contribution in [3.63, 3.8) is 0 Å². The van der Waals surface area contributed by atoms with Crippen LogP contribution in [0.15, 0.2) is 72.8 Å². The fourth-order valence-corrected chi connectivity index (χ4v) is 8.19. The van der Waals surface area contributed by atoms with Crippen molar-refractivity contribution in [1.82, 2.24) is 0 Å². The van der Waals surface area contributed by atoms with Crippen molar-refractivity contribution >= 4 is 5.97 Å². The summed E-state index contributed by atoms with van der Waals surface area (Å²) in [5.74, 6) is 1.09. The van der Waals surface area contributed by atoms with Crippen LogP contribution < -0.4 is 9.47 Å². The minimum atomic E-state index is -0.355. The first-order valence-corrected chi connectivity index (χ1v) is 25.4. The van der Waals surface area contributed by atoms with E-state index in [9.17, 15) is 4.79 Å². The van der Waals surface area contributed by atoms with Gasteiger partial charge in [-0.05, 0) is 72.9 Å². The minimum Gasteiger partial charge on any atom is -0.494 e. The van der Waals surface area contributed by atoms with Gasteiger partial charge in [0.25, 0.3) is 0 Å². The van der Waals surface area contributed by atoms with E-state index in [-0.39, 0.29) is 12.1 Å². The number of hydrogen-bond acceptors (Lipinski definition) is 4. The molecule has 60 heavy (non-hydrogen) atoms. The molecule has 0 fully saturated rings. The van der Waals surface area contributed by atoms with Crippen LogP contribution >= 0.6 is 0 Å². The summed E-state index contributed by atoms with van der Waals surface area (Å²) in [5, 5.41) is 0. The third kappa shape index (κ3) is 25.0. The van der Waals surface area contributed by atoms with Gasteiger partial charge in [0, 0.05) is 6.61 Å². The van der Waals surface area contributed by atoms with Gasteiger partial charge in [-0.1, -0.05) is 236 Å². The number of benzene rings is 3. The van der Waals surface area contributed by atoms with Crippen LogP contribution in [-0.2, 0) is 4.74 Å². The Hall–Kier alpha value is -3.11. The third-order valence-electron chi connectivity index (χ3n) is 12.3. The van der Waals surface area contributed by atoms with Gasteiger partial charge in [0.1, 0.15) is 11.5 Å². The molecule has 0 saturated heterocycles. The normalized spacial score (nSPS) is 11.8. The van der Waals surface area contributed by atoms with Crippen LogP contribution in [0.3, 0.4) is 0 Å². The zero-order valence-electron chi connectivity index (χ0n) is 39.0. The Morgan fingerprint density at radius 1 is 0.400 bits per heavy atom. The van der Waals surface area contributed by atoms with Gasteiger partial charge in [-0.3, -0.25) is 0 Å². The predicted octanol–water partition coefficient (Wildman–Crippen LogP) is 18.2. The van der Waals surface area contributed by atoms with Crippen molar-refractivity contribution in [2.45, 2.75) is 226 Å². The Balaban J connectivity index is 1.18. The van der Waals surface area contributed by atoms with Crippen molar-refractivity contribution in [1.29, 1.82) is 0 Å². The second-order valence-corrected chi connectivity index (χ2v) is 17.7. The summed E-state index contributed by atoms with van der Waals surface area (Å²) in [4.78, 5) is 12.9. The Morgan fingerprint density at radius 2 is 0.733 bits per heavy atom. The molecule has 4 heteroatoms. The molecule has 0 radical (unpaired) electrons. The largest absolute Gasteiger partial charge is 0.494 e. The van der Waals surface area contributed by atoms with E-state index in [0.717, 1.165) is 48.5 Å². The summed E-state index contributed by atoms with van der Waals surface area (Å²) in [6.07, 6.45) is 42.5. The summed E-state index contributed by atoms with van der Waals surface area (Å²) in [7, 11) is 0. The fourth-order valence-electron chi connectivity index (χ4n) is 8.19. The molecule has 0 amide bonds. The van der Waals surface area contributed by atoms with Crippen LogP contribution in [0.5, 0.6) is 11.5 Å². The highest BCUT2D eigenvalue weighted by Gasteiger charge is 2.12. The molecule has 0 aliphatic rings. The molecule has 0 saturated carbocycles. The molecule has 0 aliphatic heterocycles. The fraction of sp³-hybridized carbons (Fsp3) is 0.661. The molecule has 0 bridgehead atoms. The second-order valence-electron chi connectivity index (χ2n) is 17.7. The first-order chi connectivity index (χ1) is 29.6. The van der Waals surface area contributed by atoms with Gasteiger partial charge in [0.2, 0.25) is 0 Å². The maximum absolute atomic E-state index is 12.9. The number of ether oxygens (including phenoxy) is 3. The predicted molar refractivity (Wildman–Crippen MR) is 258 cm³/mol. The monoisotopic (exact) mass is 825 g/mol. The summed E-state index contributed by atoms with van der Waals surface area (Å²) in [6.45, 7) is 8.21. The molecule has 1 unspecified atom stereocenters. The molecule has 336 valence electrons. The lowest BCUT2D eigenvalue weighted by Gasteiger charge is -2.14. The summed E-state index contributed by atoms with van der Waals surface area (Å²) >= 11 is 0. The first-order valence-electron chi connectivity index (χ1n) is 25.4. The Kier molecular flexibility index (Phi) is 30.3. The van der Waals surface area contributed by atoms with Gasteiger partial charge in [-0.25, -0.2) is 4.79 Å². The molecule has 0 heterocycles. The molecule has 3 aromatic carbocycles. The molecule has 4 nitrogen and oxygen atoms in total. The van der Waals surface area contributed by atoms with E-state index in [1.807, 2.05) is 60.7 Å². The van der Waals surface area contributed by atoms with Crippen molar-refractivity contribution in [2.24, 2.45) is 0 Å². The zero-order valence-corrected chi connectivity index (χ0v) is 39.0. The van der Waals surface area contributed by atoms with Gasteiger partial charge in [0.15, 0.2) is 0 Å². The van der Waals surface area contributed by atoms with E-state index in [4.69, 9.17) is 14.2 Å². The van der Waals surface area contributed by atoms with Crippen LogP contribution in [-0.4, -0.2) is 19.2 Å². The van der Waals surface area contributed by atoms with E-state index < -0.39 is 0 Å². The molecule has 1 atom stereocenters. The second kappa shape index (κ2) is 35.5. The first kappa shape index (κ1) is 51.2. The van der Waals surface area contributed by atoms with E-state index >= 15 is 0 Å². The van der Waals surface area contributed by atoms with Crippen LogP contribution in [0.25, 0.3) is 11.1 Å². The number of carbonyl (C=O) groups excluding carboxylic acids is 1. The average molecular weight is 825 g/mol. The molecular weight excluding hydrogens is 737 g/mol. The highest BCUT2D eigenvalue weighted by atomic mass is 16.5. The van der Waals surface area contributed by atoms with E-state index in [0.29, 0.717) is 11.3 Å². The molecule has 0 spiro atoms. The van der Waals surface area contributed by atoms with Crippen molar-refractivity contribution < 1.29 is 19.0 Å². The topological polar surface area (TPSA) is 44.8 Å². The molecule has 0 N–H and O–H groups in total. The maximum Gasteiger partial charge on any atom is 0.343 e. The summed E-state index contributed by atoms with van der Waals surface area (Å²) in [6, 6.07) is 23.6. The highest BCUT2D eigenvalue weighted by molar-refractivity contribution is 5.91. The number of carbonyl (C=O) groups is 1. The number of esters is 1. The van der Waals surface area contributed by atoms with Crippen LogP contribution in [0, 0.1) is 0 Å². The van der Waals surface area contributed by atoms with Gasteiger partial charge < -0.3 is 14.2 Å². The average Bonchev–Trinajstić information content (AvgIpc) is 3.27. The summed E-state index contributed by atoms with van der Waals surface area (Å²) in [5.41, 5.74) is 3.79. The van der Waals surface area contributed by atoms with Gasteiger partial charge in [0.05, 0.1) is 18.3 Å². The Morgan fingerprint density at radius 3 is 1.12 bits per heavy atom. The highest BCUT2D eigenvalue weighted by Crippen LogP contribution is 2.26. The van der Waals surface area contributed by atoms with Crippen LogP contribution in [0.1, 0.15) is 242 Å².